The molecule has 0 bridgehead atoms. The van der Waals surface area contributed by atoms with E-state index in [1.807, 2.05) is 0 Å². The lowest BCUT2D eigenvalue weighted by Gasteiger charge is -2.26. The van der Waals surface area contributed by atoms with Crippen LogP contribution >= 0.6 is 0 Å². The first kappa shape index (κ1) is 24.8. The molecular formula is C41H28N2O. The normalized spacial score (nSPS) is 12.5. The molecule has 0 saturated carbocycles. The van der Waals surface area contributed by atoms with Gasteiger partial charge in [0.2, 0.25) is 5.88 Å². The standard InChI is InChI=1S/C41H28N2O/c1-2-10-30(11-3-1)43(32-22-23-39-38(26-32)36-15-8-24-42-41(36)44-39)31-20-18-28(19-21-31)37-25-29-17-16-27-9-4-5-12-33(27)40(29)35-14-7-6-13-34(35)37/h1-23,25-26,42H,24H2. The monoisotopic (exact) mass is 564 g/mol. The first-order chi connectivity index (χ1) is 21.8. The minimum atomic E-state index is 0.783. The number of nitrogens with zero attached hydrogens (tertiary/aromatic N) is 1. The Labute approximate surface area is 255 Å². The molecule has 7 aromatic carbocycles. The van der Waals surface area contributed by atoms with Gasteiger partial charge in [-0.05, 0) is 92.0 Å². The lowest BCUT2D eigenvalue weighted by molar-refractivity contribution is 0.628. The second-order valence-electron chi connectivity index (χ2n) is 11.4. The number of nitrogens with one attached hydrogen (secondary N) is 1. The molecule has 1 aliphatic rings. The number of para-hydroxylation sites is 1. The Morgan fingerprint density at radius 1 is 0.545 bits per heavy atom. The molecule has 0 unspecified atom stereocenters. The number of rotatable bonds is 4. The lowest BCUT2D eigenvalue weighted by atomic mass is 9.91. The summed E-state index contributed by atoms with van der Waals surface area (Å²) in [4.78, 5) is 2.31. The zero-order valence-electron chi connectivity index (χ0n) is 24.0. The summed E-state index contributed by atoms with van der Waals surface area (Å²) in [6, 6.07) is 50.3. The summed E-state index contributed by atoms with van der Waals surface area (Å²) in [5, 5.41) is 12.1. The van der Waals surface area contributed by atoms with E-state index in [0.29, 0.717) is 0 Å². The van der Waals surface area contributed by atoms with Crippen molar-refractivity contribution in [2.24, 2.45) is 0 Å². The van der Waals surface area contributed by atoms with Gasteiger partial charge in [-0.2, -0.15) is 0 Å². The van der Waals surface area contributed by atoms with Crippen LogP contribution < -0.4 is 10.2 Å². The summed E-state index contributed by atoms with van der Waals surface area (Å²) in [6.45, 7) is 0.783. The fraction of sp³-hybridized carbons (Fsp3) is 0.0244. The number of furan rings is 1. The van der Waals surface area contributed by atoms with Gasteiger partial charge in [0.1, 0.15) is 5.58 Å². The van der Waals surface area contributed by atoms with Crippen LogP contribution in [0.5, 0.6) is 0 Å². The van der Waals surface area contributed by atoms with Crippen LogP contribution in [0, 0.1) is 0 Å². The van der Waals surface area contributed by atoms with Crippen molar-refractivity contribution < 1.29 is 4.42 Å². The zero-order valence-corrected chi connectivity index (χ0v) is 24.0. The predicted octanol–water partition coefficient (Wildman–Crippen LogP) is 11.5. The third kappa shape index (κ3) is 3.90. The molecule has 0 spiro atoms. The molecule has 0 fully saturated rings. The third-order valence-corrected chi connectivity index (χ3v) is 8.83. The Hall–Kier alpha value is -5.80. The highest BCUT2D eigenvalue weighted by atomic mass is 16.3. The first-order valence-corrected chi connectivity index (χ1v) is 15.1. The van der Waals surface area contributed by atoms with Crippen molar-refractivity contribution >= 4 is 72.3 Å². The van der Waals surface area contributed by atoms with Gasteiger partial charge in [0.15, 0.2) is 0 Å². The van der Waals surface area contributed by atoms with Crippen molar-refractivity contribution in [3.63, 3.8) is 0 Å². The van der Waals surface area contributed by atoms with Crippen molar-refractivity contribution in [1.82, 2.24) is 0 Å². The Balaban J connectivity index is 1.19. The van der Waals surface area contributed by atoms with Crippen LogP contribution in [-0.2, 0) is 0 Å². The third-order valence-electron chi connectivity index (χ3n) is 8.83. The number of benzene rings is 7. The molecule has 0 saturated heterocycles. The van der Waals surface area contributed by atoms with Crippen molar-refractivity contribution in [2.45, 2.75) is 0 Å². The molecule has 0 atom stereocenters. The molecule has 1 aromatic heterocycles. The first-order valence-electron chi connectivity index (χ1n) is 15.1. The summed E-state index contributed by atoms with van der Waals surface area (Å²) in [6.07, 6.45) is 4.29. The highest BCUT2D eigenvalue weighted by molar-refractivity contribution is 6.23. The average Bonchev–Trinajstić information content (AvgIpc) is 3.47. The average molecular weight is 565 g/mol. The highest BCUT2D eigenvalue weighted by Crippen LogP contribution is 2.42. The largest absolute Gasteiger partial charge is 0.440 e. The lowest BCUT2D eigenvalue weighted by Crippen LogP contribution is -2.09. The van der Waals surface area contributed by atoms with Gasteiger partial charge < -0.3 is 14.6 Å². The van der Waals surface area contributed by atoms with E-state index >= 15 is 0 Å². The van der Waals surface area contributed by atoms with Gasteiger partial charge in [-0.3, -0.25) is 0 Å². The second kappa shape index (κ2) is 9.89. The highest BCUT2D eigenvalue weighted by Gasteiger charge is 2.19. The molecule has 0 radical (unpaired) electrons. The van der Waals surface area contributed by atoms with Crippen LogP contribution in [-0.4, -0.2) is 6.54 Å². The van der Waals surface area contributed by atoms with Crippen LogP contribution in [0.4, 0.5) is 22.9 Å². The molecule has 3 heteroatoms. The van der Waals surface area contributed by atoms with Gasteiger partial charge in [0.25, 0.3) is 0 Å². The quantitative estimate of drug-likeness (QED) is 0.216. The number of anilines is 4. The van der Waals surface area contributed by atoms with E-state index in [-0.39, 0.29) is 0 Å². The van der Waals surface area contributed by atoms with E-state index in [2.05, 4.69) is 162 Å². The van der Waals surface area contributed by atoms with Crippen molar-refractivity contribution in [2.75, 3.05) is 16.8 Å². The Morgan fingerprint density at radius 3 is 2.11 bits per heavy atom. The minimum Gasteiger partial charge on any atom is -0.440 e. The summed E-state index contributed by atoms with van der Waals surface area (Å²) < 4.78 is 6.11. The van der Waals surface area contributed by atoms with Gasteiger partial charge in [-0.25, -0.2) is 0 Å². The molecule has 2 heterocycles. The van der Waals surface area contributed by atoms with Crippen LogP contribution in [0.15, 0.2) is 150 Å². The van der Waals surface area contributed by atoms with Gasteiger partial charge in [-0.1, -0.05) is 103 Å². The molecule has 1 aliphatic heterocycles. The maximum absolute atomic E-state index is 6.11. The molecule has 44 heavy (non-hydrogen) atoms. The van der Waals surface area contributed by atoms with Gasteiger partial charge in [0, 0.05) is 34.6 Å². The summed E-state index contributed by atoms with van der Waals surface area (Å²) in [5.74, 6) is 0.839. The molecule has 208 valence electrons. The number of hydrogen-bond acceptors (Lipinski definition) is 3. The zero-order chi connectivity index (χ0) is 29.0. The Morgan fingerprint density at radius 2 is 1.25 bits per heavy atom. The molecule has 9 rings (SSSR count). The molecular weight excluding hydrogens is 536 g/mol. The molecule has 0 amide bonds. The van der Waals surface area contributed by atoms with Gasteiger partial charge in [-0.15, -0.1) is 0 Å². The van der Waals surface area contributed by atoms with Crippen LogP contribution in [0.25, 0.3) is 60.5 Å². The topological polar surface area (TPSA) is 28.4 Å². The molecule has 0 aliphatic carbocycles. The fourth-order valence-electron chi connectivity index (χ4n) is 6.80. The fourth-order valence-corrected chi connectivity index (χ4v) is 6.80. The second-order valence-corrected chi connectivity index (χ2v) is 11.4. The van der Waals surface area contributed by atoms with Crippen molar-refractivity contribution in [3.05, 3.63) is 151 Å². The summed E-state index contributed by atoms with van der Waals surface area (Å²) in [7, 11) is 0. The van der Waals surface area contributed by atoms with E-state index in [1.54, 1.807) is 0 Å². The van der Waals surface area contributed by atoms with E-state index < -0.39 is 0 Å². The van der Waals surface area contributed by atoms with Crippen LogP contribution in [0.3, 0.4) is 0 Å². The Kier molecular flexibility index (Phi) is 5.57. The SMILES string of the molecule is C1=Cc2c(oc3ccc(N(c4ccccc4)c4ccc(-c5cc6ccc7ccccc7c6c6ccccc56)cc4)cc23)NC1. The minimum absolute atomic E-state index is 0.783. The van der Waals surface area contributed by atoms with Crippen LogP contribution in [0.2, 0.25) is 0 Å². The number of fused-ring (bicyclic) bond motifs is 8. The molecule has 8 aromatic rings. The van der Waals surface area contributed by atoms with Crippen molar-refractivity contribution in [1.29, 1.82) is 0 Å². The molecule has 1 N–H and O–H groups in total. The maximum Gasteiger partial charge on any atom is 0.201 e. The van der Waals surface area contributed by atoms with E-state index in [1.165, 1.54) is 43.4 Å². The maximum atomic E-state index is 6.11. The van der Waals surface area contributed by atoms with Gasteiger partial charge in [0.05, 0.1) is 0 Å². The van der Waals surface area contributed by atoms with E-state index in [9.17, 15) is 0 Å². The van der Waals surface area contributed by atoms with Gasteiger partial charge >= 0.3 is 0 Å². The van der Waals surface area contributed by atoms with Crippen LogP contribution in [0.1, 0.15) is 5.56 Å². The number of hydrogen-bond donors (Lipinski definition) is 1. The summed E-state index contributed by atoms with van der Waals surface area (Å²) in [5.41, 5.74) is 7.72. The predicted molar refractivity (Wildman–Crippen MR) is 186 cm³/mol. The summed E-state index contributed by atoms with van der Waals surface area (Å²) >= 11 is 0. The van der Waals surface area contributed by atoms with Crippen molar-refractivity contribution in [3.8, 4) is 11.1 Å². The Bertz CT molecular complexity index is 2380. The smallest absolute Gasteiger partial charge is 0.201 e. The van der Waals surface area contributed by atoms with E-state index in [4.69, 9.17) is 4.42 Å². The molecule has 3 nitrogen and oxygen atoms in total. The van der Waals surface area contributed by atoms with E-state index in [0.717, 1.165) is 46.0 Å².